The molecule has 130 valence electrons. The summed E-state index contributed by atoms with van der Waals surface area (Å²) >= 11 is 0. The summed E-state index contributed by atoms with van der Waals surface area (Å²) in [6, 6.07) is 9.96. The van der Waals surface area contributed by atoms with Crippen molar-refractivity contribution < 1.29 is 13.6 Å². The number of nitrogens with zero attached hydrogens (tertiary/aromatic N) is 2. The number of rotatable bonds is 3. The molecule has 0 bridgehead atoms. The van der Waals surface area contributed by atoms with Gasteiger partial charge >= 0.3 is 0 Å². The standard InChI is InChI=1S/C19H19F2N3O/c1-19(2,3)12-4-6-13(7-5-12)23-16(25)10-24-11-22-15-9-8-14(20)17(21)18(15)24/h4-9,11H,10H2,1-3H3,(H,23,25). The lowest BCUT2D eigenvalue weighted by Crippen LogP contribution is -2.19. The van der Waals surface area contributed by atoms with Gasteiger partial charge < -0.3 is 9.88 Å². The van der Waals surface area contributed by atoms with Gasteiger partial charge in [-0.25, -0.2) is 13.8 Å². The Bertz CT molecular complexity index is 924. The van der Waals surface area contributed by atoms with Crippen molar-refractivity contribution in [3.05, 3.63) is 59.9 Å². The molecule has 3 aromatic rings. The van der Waals surface area contributed by atoms with Gasteiger partial charge in [-0.2, -0.15) is 0 Å². The number of fused-ring (bicyclic) bond motifs is 1. The highest BCUT2D eigenvalue weighted by molar-refractivity contribution is 5.91. The lowest BCUT2D eigenvalue weighted by molar-refractivity contribution is -0.116. The molecule has 0 radical (unpaired) electrons. The van der Waals surface area contributed by atoms with E-state index < -0.39 is 11.6 Å². The number of benzene rings is 2. The van der Waals surface area contributed by atoms with Crippen molar-refractivity contribution in [3.63, 3.8) is 0 Å². The van der Waals surface area contributed by atoms with E-state index in [4.69, 9.17) is 0 Å². The zero-order chi connectivity index (χ0) is 18.2. The largest absolute Gasteiger partial charge is 0.325 e. The molecule has 6 heteroatoms. The van der Waals surface area contributed by atoms with Crippen molar-refractivity contribution >= 4 is 22.6 Å². The van der Waals surface area contributed by atoms with Crippen LogP contribution >= 0.6 is 0 Å². The van der Waals surface area contributed by atoms with Crippen LogP contribution in [0, 0.1) is 11.6 Å². The Balaban J connectivity index is 1.76. The number of aromatic nitrogens is 2. The second kappa shape index (κ2) is 6.27. The van der Waals surface area contributed by atoms with Gasteiger partial charge in [0, 0.05) is 5.69 Å². The number of amides is 1. The van der Waals surface area contributed by atoms with Crippen molar-refractivity contribution in [1.29, 1.82) is 0 Å². The minimum atomic E-state index is -1.00. The average molecular weight is 343 g/mol. The van der Waals surface area contributed by atoms with Crippen LogP contribution in [0.5, 0.6) is 0 Å². The minimum Gasteiger partial charge on any atom is -0.325 e. The summed E-state index contributed by atoms with van der Waals surface area (Å²) in [5.74, 6) is -2.31. The molecule has 0 spiro atoms. The maximum atomic E-state index is 14.0. The molecule has 0 saturated heterocycles. The molecule has 0 saturated carbocycles. The van der Waals surface area contributed by atoms with E-state index >= 15 is 0 Å². The van der Waals surface area contributed by atoms with Crippen LogP contribution < -0.4 is 5.32 Å². The van der Waals surface area contributed by atoms with Crippen LogP contribution in [0.2, 0.25) is 0 Å². The van der Waals surface area contributed by atoms with Crippen LogP contribution in [0.25, 0.3) is 11.0 Å². The first-order chi connectivity index (χ1) is 11.8. The van der Waals surface area contributed by atoms with Crippen LogP contribution in [-0.2, 0) is 16.8 Å². The molecule has 0 aliphatic heterocycles. The zero-order valence-corrected chi connectivity index (χ0v) is 14.3. The first-order valence-corrected chi connectivity index (χ1v) is 7.95. The summed E-state index contributed by atoms with van der Waals surface area (Å²) in [6.07, 6.45) is 1.33. The quantitative estimate of drug-likeness (QED) is 0.773. The second-order valence-corrected chi connectivity index (χ2v) is 6.98. The van der Waals surface area contributed by atoms with E-state index in [2.05, 4.69) is 31.1 Å². The number of halogens is 2. The highest BCUT2D eigenvalue weighted by atomic mass is 19.2. The third-order valence-electron chi connectivity index (χ3n) is 4.02. The Morgan fingerprint density at radius 1 is 1.12 bits per heavy atom. The maximum absolute atomic E-state index is 14.0. The van der Waals surface area contributed by atoms with Gasteiger partial charge in [0.1, 0.15) is 12.1 Å². The summed E-state index contributed by atoms with van der Waals surface area (Å²) in [6.45, 7) is 6.17. The molecule has 0 aliphatic carbocycles. The fourth-order valence-electron chi connectivity index (χ4n) is 2.63. The molecule has 0 unspecified atom stereocenters. The second-order valence-electron chi connectivity index (χ2n) is 6.98. The van der Waals surface area contributed by atoms with Gasteiger partial charge in [0.15, 0.2) is 11.6 Å². The third kappa shape index (κ3) is 3.52. The number of anilines is 1. The molecule has 3 rings (SSSR count). The molecule has 1 N–H and O–H groups in total. The van der Waals surface area contributed by atoms with E-state index in [9.17, 15) is 13.6 Å². The van der Waals surface area contributed by atoms with Crippen LogP contribution in [0.1, 0.15) is 26.3 Å². The number of hydrogen-bond donors (Lipinski definition) is 1. The average Bonchev–Trinajstić information content (AvgIpc) is 2.94. The summed E-state index contributed by atoms with van der Waals surface area (Å²) in [5, 5.41) is 2.75. The summed E-state index contributed by atoms with van der Waals surface area (Å²) in [7, 11) is 0. The third-order valence-corrected chi connectivity index (χ3v) is 4.02. The molecule has 0 fully saturated rings. The monoisotopic (exact) mass is 343 g/mol. The molecule has 2 aromatic carbocycles. The molecule has 1 aromatic heterocycles. The first-order valence-electron chi connectivity index (χ1n) is 7.95. The van der Waals surface area contributed by atoms with E-state index in [0.29, 0.717) is 11.2 Å². The van der Waals surface area contributed by atoms with E-state index in [-0.39, 0.29) is 23.4 Å². The number of nitrogens with one attached hydrogen (secondary N) is 1. The fourth-order valence-corrected chi connectivity index (χ4v) is 2.63. The Morgan fingerprint density at radius 3 is 2.44 bits per heavy atom. The van der Waals surface area contributed by atoms with Crippen LogP contribution in [0.15, 0.2) is 42.7 Å². The molecule has 1 heterocycles. The van der Waals surface area contributed by atoms with Gasteiger partial charge in [-0.05, 0) is 35.2 Å². The van der Waals surface area contributed by atoms with E-state index in [1.54, 1.807) is 0 Å². The van der Waals surface area contributed by atoms with E-state index in [0.717, 1.165) is 11.6 Å². The van der Waals surface area contributed by atoms with Crippen LogP contribution in [0.3, 0.4) is 0 Å². The predicted molar refractivity (Wildman–Crippen MR) is 93.4 cm³/mol. The van der Waals surface area contributed by atoms with Gasteiger partial charge in [0.25, 0.3) is 0 Å². The SMILES string of the molecule is CC(C)(C)c1ccc(NC(=O)Cn2cnc3ccc(F)c(F)c32)cc1. The molecular weight excluding hydrogens is 324 g/mol. The molecule has 1 amide bonds. The van der Waals surface area contributed by atoms with Gasteiger partial charge in [-0.3, -0.25) is 4.79 Å². The molecule has 0 aliphatic rings. The highest BCUT2D eigenvalue weighted by Crippen LogP contribution is 2.24. The summed E-state index contributed by atoms with van der Waals surface area (Å²) < 4.78 is 28.7. The summed E-state index contributed by atoms with van der Waals surface area (Å²) in [4.78, 5) is 16.2. The predicted octanol–water partition coefficient (Wildman–Crippen LogP) is 4.25. The number of imidazole rings is 1. The Hall–Kier alpha value is -2.76. The lowest BCUT2D eigenvalue weighted by Gasteiger charge is -2.19. The lowest BCUT2D eigenvalue weighted by atomic mass is 9.87. The molecule has 4 nitrogen and oxygen atoms in total. The van der Waals surface area contributed by atoms with Gasteiger partial charge in [0.05, 0.1) is 11.8 Å². The van der Waals surface area contributed by atoms with Crippen molar-refractivity contribution in [2.75, 3.05) is 5.32 Å². The Kier molecular flexibility index (Phi) is 4.29. The van der Waals surface area contributed by atoms with Crippen LogP contribution in [-0.4, -0.2) is 15.5 Å². The van der Waals surface area contributed by atoms with Gasteiger partial charge in [0.2, 0.25) is 5.91 Å². The van der Waals surface area contributed by atoms with Crippen molar-refractivity contribution in [1.82, 2.24) is 9.55 Å². The molecular formula is C19H19F2N3O. The molecule has 25 heavy (non-hydrogen) atoms. The number of carbonyl (C=O) groups excluding carboxylic acids is 1. The van der Waals surface area contributed by atoms with Gasteiger partial charge in [-0.1, -0.05) is 32.9 Å². The van der Waals surface area contributed by atoms with Crippen molar-refractivity contribution in [2.45, 2.75) is 32.7 Å². The minimum absolute atomic E-state index is 0.0155. The van der Waals surface area contributed by atoms with Crippen molar-refractivity contribution in [2.24, 2.45) is 0 Å². The van der Waals surface area contributed by atoms with E-state index in [1.807, 2.05) is 24.3 Å². The van der Waals surface area contributed by atoms with Gasteiger partial charge in [-0.15, -0.1) is 0 Å². The number of carbonyl (C=O) groups is 1. The smallest absolute Gasteiger partial charge is 0.244 e. The summed E-state index contributed by atoms with van der Waals surface area (Å²) in [5.41, 5.74) is 2.12. The Morgan fingerprint density at radius 2 is 1.80 bits per heavy atom. The van der Waals surface area contributed by atoms with E-state index in [1.165, 1.54) is 17.0 Å². The van der Waals surface area contributed by atoms with Crippen molar-refractivity contribution in [3.8, 4) is 0 Å². The zero-order valence-electron chi connectivity index (χ0n) is 14.3. The first kappa shape index (κ1) is 17.1. The normalized spacial score (nSPS) is 11.7. The Labute approximate surface area is 144 Å². The highest BCUT2D eigenvalue weighted by Gasteiger charge is 2.16. The molecule has 0 atom stereocenters. The fraction of sp³-hybridized carbons (Fsp3) is 0.263. The topological polar surface area (TPSA) is 46.9 Å². The van der Waals surface area contributed by atoms with Crippen LogP contribution in [0.4, 0.5) is 14.5 Å². The number of hydrogen-bond acceptors (Lipinski definition) is 2. The maximum Gasteiger partial charge on any atom is 0.244 e.